The standard InChI is InChI=1S/C15H22Br2S/c1-15(2,3)11-4-5-14(17)10(6-11)7-13-8-12(16)9-18-13/h8-11,14H,4-7H2,1-3H3. The molecule has 3 atom stereocenters. The van der Waals surface area contributed by atoms with E-state index in [9.17, 15) is 0 Å². The Balaban J connectivity index is 2.02. The van der Waals surface area contributed by atoms with Crippen LogP contribution < -0.4 is 0 Å². The van der Waals surface area contributed by atoms with Crippen LogP contribution in [0.4, 0.5) is 0 Å². The minimum atomic E-state index is 0.460. The van der Waals surface area contributed by atoms with Gasteiger partial charge in [-0.25, -0.2) is 0 Å². The number of alkyl halides is 1. The SMILES string of the molecule is CC(C)(C)C1CCC(Br)C(Cc2cc(Br)cs2)C1. The zero-order valence-corrected chi connectivity index (χ0v) is 15.4. The van der Waals surface area contributed by atoms with Gasteiger partial charge in [0.15, 0.2) is 0 Å². The summed E-state index contributed by atoms with van der Waals surface area (Å²) in [4.78, 5) is 2.22. The topological polar surface area (TPSA) is 0 Å². The fourth-order valence-corrected chi connectivity index (χ4v) is 5.16. The molecule has 1 fully saturated rings. The Morgan fingerprint density at radius 2 is 2.06 bits per heavy atom. The molecule has 1 saturated carbocycles. The van der Waals surface area contributed by atoms with Crippen LogP contribution in [0.2, 0.25) is 0 Å². The molecule has 1 aliphatic carbocycles. The van der Waals surface area contributed by atoms with E-state index in [1.807, 2.05) is 11.3 Å². The fraction of sp³-hybridized carbons (Fsp3) is 0.733. The van der Waals surface area contributed by atoms with Crippen molar-refractivity contribution in [2.45, 2.75) is 51.3 Å². The molecule has 0 aliphatic heterocycles. The predicted octanol–water partition coefficient (Wildman–Crippen LogP) is 6.28. The molecule has 1 aliphatic rings. The Morgan fingerprint density at radius 3 is 2.61 bits per heavy atom. The van der Waals surface area contributed by atoms with E-state index in [2.05, 4.69) is 64.1 Å². The fourth-order valence-electron chi connectivity index (χ4n) is 2.94. The van der Waals surface area contributed by atoms with Crippen molar-refractivity contribution in [2.24, 2.45) is 17.3 Å². The summed E-state index contributed by atoms with van der Waals surface area (Å²) in [5.74, 6) is 1.67. The summed E-state index contributed by atoms with van der Waals surface area (Å²) >= 11 is 9.35. The van der Waals surface area contributed by atoms with Crippen molar-refractivity contribution >= 4 is 43.2 Å². The normalized spacial score (nSPS) is 29.5. The minimum absolute atomic E-state index is 0.460. The van der Waals surface area contributed by atoms with Crippen molar-refractivity contribution < 1.29 is 0 Å². The number of halogens is 2. The van der Waals surface area contributed by atoms with Crippen LogP contribution >= 0.6 is 43.2 Å². The average Bonchev–Trinajstić information content (AvgIpc) is 2.66. The van der Waals surface area contributed by atoms with Crippen molar-refractivity contribution in [3.8, 4) is 0 Å². The van der Waals surface area contributed by atoms with Gasteiger partial charge in [0.1, 0.15) is 0 Å². The van der Waals surface area contributed by atoms with Gasteiger partial charge in [-0.15, -0.1) is 11.3 Å². The maximum atomic E-state index is 3.91. The largest absolute Gasteiger partial charge is 0.148 e. The lowest BCUT2D eigenvalue weighted by Gasteiger charge is -2.40. The zero-order valence-electron chi connectivity index (χ0n) is 11.4. The second-order valence-corrected chi connectivity index (χ2v) is 9.68. The van der Waals surface area contributed by atoms with Crippen molar-refractivity contribution in [1.82, 2.24) is 0 Å². The molecule has 0 aromatic carbocycles. The van der Waals surface area contributed by atoms with Gasteiger partial charge in [-0.05, 0) is 64.9 Å². The van der Waals surface area contributed by atoms with Crippen LogP contribution in [0.5, 0.6) is 0 Å². The van der Waals surface area contributed by atoms with Crippen molar-refractivity contribution in [3.63, 3.8) is 0 Å². The van der Waals surface area contributed by atoms with Crippen LogP contribution in [0.25, 0.3) is 0 Å². The van der Waals surface area contributed by atoms with Crippen molar-refractivity contribution in [3.05, 3.63) is 20.8 Å². The summed E-state index contributed by atoms with van der Waals surface area (Å²) in [6.45, 7) is 7.18. The molecule has 0 bridgehead atoms. The van der Waals surface area contributed by atoms with E-state index in [1.165, 1.54) is 35.0 Å². The van der Waals surface area contributed by atoms with Crippen molar-refractivity contribution in [1.29, 1.82) is 0 Å². The van der Waals surface area contributed by atoms with E-state index in [0.717, 1.165) is 11.8 Å². The molecule has 0 saturated heterocycles. The third-order valence-electron chi connectivity index (χ3n) is 4.20. The van der Waals surface area contributed by atoms with Crippen LogP contribution in [-0.2, 0) is 6.42 Å². The highest BCUT2D eigenvalue weighted by molar-refractivity contribution is 9.10. The van der Waals surface area contributed by atoms with Gasteiger partial charge in [0, 0.05) is 19.6 Å². The highest BCUT2D eigenvalue weighted by atomic mass is 79.9. The first-order chi connectivity index (χ1) is 8.36. The van der Waals surface area contributed by atoms with Crippen LogP contribution in [-0.4, -0.2) is 4.83 Å². The lowest BCUT2D eigenvalue weighted by Crippen LogP contribution is -2.33. The number of rotatable bonds is 2. The molecular formula is C15H22Br2S. The molecule has 1 aromatic heterocycles. The van der Waals surface area contributed by atoms with Crippen LogP contribution in [0, 0.1) is 17.3 Å². The van der Waals surface area contributed by atoms with E-state index in [-0.39, 0.29) is 0 Å². The molecular weight excluding hydrogens is 372 g/mol. The second kappa shape index (κ2) is 5.97. The summed E-state index contributed by atoms with van der Waals surface area (Å²) in [6, 6.07) is 2.28. The Labute approximate surface area is 132 Å². The van der Waals surface area contributed by atoms with Gasteiger partial charge in [-0.2, -0.15) is 0 Å². The highest BCUT2D eigenvalue weighted by Gasteiger charge is 2.34. The lowest BCUT2D eigenvalue weighted by atomic mass is 9.68. The van der Waals surface area contributed by atoms with Crippen LogP contribution in [0.3, 0.4) is 0 Å². The van der Waals surface area contributed by atoms with Gasteiger partial charge in [0.25, 0.3) is 0 Å². The van der Waals surface area contributed by atoms with Crippen molar-refractivity contribution in [2.75, 3.05) is 0 Å². The van der Waals surface area contributed by atoms with Gasteiger partial charge in [-0.1, -0.05) is 36.7 Å². The maximum absolute atomic E-state index is 3.91. The predicted molar refractivity (Wildman–Crippen MR) is 88.7 cm³/mol. The summed E-state index contributed by atoms with van der Waals surface area (Å²) in [5.41, 5.74) is 0.460. The van der Waals surface area contributed by atoms with E-state index < -0.39 is 0 Å². The van der Waals surface area contributed by atoms with Gasteiger partial charge < -0.3 is 0 Å². The van der Waals surface area contributed by atoms with E-state index in [1.54, 1.807) is 0 Å². The summed E-state index contributed by atoms with van der Waals surface area (Å²) < 4.78 is 1.23. The van der Waals surface area contributed by atoms with E-state index in [0.29, 0.717) is 10.2 Å². The molecule has 0 N–H and O–H groups in total. The van der Waals surface area contributed by atoms with E-state index in [4.69, 9.17) is 0 Å². The quantitative estimate of drug-likeness (QED) is 0.518. The number of hydrogen-bond donors (Lipinski definition) is 0. The maximum Gasteiger partial charge on any atom is 0.0285 e. The summed E-state index contributed by atoms with van der Waals surface area (Å²) in [6.07, 6.45) is 5.32. The second-order valence-electron chi connectivity index (χ2n) is 6.59. The lowest BCUT2D eigenvalue weighted by molar-refractivity contribution is 0.147. The molecule has 0 radical (unpaired) electrons. The molecule has 2 rings (SSSR count). The van der Waals surface area contributed by atoms with Crippen LogP contribution in [0.1, 0.15) is 44.9 Å². The van der Waals surface area contributed by atoms with E-state index >= 15 is 0 Å². The number of thiophene rings is 1. The van der Waals surface area contributed by atoms with Gasteiger partial charge in [-0.3, -0.25) is 0 Å². The number of hydrogen-bond acceptors (Lipinski definition) is 1. The minimum Gasteiger partial charge on any atom is -0.148 e. The molecule has 0 spiro atoms. The Hall–Kier alpha value is 0.660. The highest BCUT2D eigenvalue weighted by Crippen LogP contribution is 2.44. The Bertz CT molecular complexity index is 391. The molecule has 1 aromatic rings. The Kier molecular flexibility index (Phi) is 4.99. The van der Waals surface area contributed by atoms with Gasteiger partial charge >= 0.3 is 0 Å². The smallest absolute Gasteiger partial charge is 0.0285 e. The molecule has 18 heavy (non-hydrogen) atoms. The van der Waals surface area contributed by atoms with Crippen LogP contribution in [0.15, 0.2) is 15.9 Å². The third kappa shape index (κ3) is 3.83. The molecule has 1 heterocycles. The molecule has 3 unspecified atom stereocenters. The molecule has 3 heteroatoms. The average molecular weight is 394 g/mol. The Morgan fingerprint density at radius 1 is 1.33 bits per heavy atom. The molecule has 0 amide bonds. The summed E-state index contributed by atoms with van der Waals surface area (Å²) in [5, 5.41) is 2.20. The summed E-state index contributed by atoms with van der Waals surface area (Å²) in [7, 11) is 0. The first-order valence-electron chi connectivity index (χ1n) is 6.73. The zero-order chi connectivity index (χ0) is 13.3. The molecule has 0 nitrogen and oxygen atoms in total. The first-order valence-corrected chi connectivity index (χ1v) is 9.32. The van der Waals surface area contributed by atoms with Gasteiger partial charge in [0.2, 0.25) is 0 Å². The third-order valence-corrected chi connectivity index (χ3v) is 7.12. The van der Waals surface area contributed by atoms with Gasteiger partial charge in [0.05, 0.1) is 0 Å². The first kappa shape index (κ1) is 15.1. The monoisotopic (exact) mass is 392 g/mol. The molecule has 102 valence electrons.